The first-order valence-corrected chi connectivity index (χ1v) is 11.2. The van der Waals surface area contributed by atoms with Crippen LogP contribution in [0.25, 0.3) is 22.0 Å². The van der Waals surface area contributed by atoms with Crippen LogP contribution in [0.1, 0.15) is 49.0 Å². The van der Waals surface area contributed by atoms with Crippen LogP contribution in [-0.4, -0.2) is 49.9 Å². The Labute approximate surface area is 192 Å². The number of carbonyl (C=O) groups excluding carboxylic acids is 1. The highest BCUT2D eigenvalue weighted by atomic mass is 16.3. The van der Waals surface area contributed by atoms with Gasteiger partial charge in [0, 0.05) is 47.7 Å². The highest BCUT2D eigenvalue weighted by molar-refractivity contribution is 6.03. The quantitative estimate of drug-likeness (QED) is 0.485. The molecular weight excluding hydrogens is 416 g/mol. The molecule has 0 radical (unpaired) electrons. The van der Waals surface area contributed by atoms with Crippen LogP contribution in [0.3, 0.4) is 0 Å². The Hall–Kier alpha value is -3.65. The van der Waals surface area contributed by atoms with Gasteiger partial charge in [0.15, 0.2) is 11.6 Å². The molecule has 1 amide bonds. The first-order valence-electron chi connectivity index (χ1n) is 11.2. The lowest BCUT2D eigenvalue weighted by Crippen LogP contribution is -2.37. The van der Waals surface area contributed by atoms with Gasteiger partial charge in [-0.25, -0.2) is 9.97 Å². The molecule has 0 atom stereocenters. The lowest BCUT2D eigenvalue weighted by atomic mass is 9.96. The van der Waals surface area contributed by atoms with E-state index >= 15 is 0 Å². The molecule has 1 saturated heterocycles. The number of nitrogens with zero attached hydrogens (tertiary/aromatic N) is 5. The Kier molecular flexibility index (Phi) is 5.83. The van der Waals surface area contributed by atoms with Gasteiger partial charge in [-0.1, -0.05) is 0 Å². The Morgan fingerprint density at radius 3 is 2.70 bits per heavy atom. The summed E-state index contributed by atoms with van der Waals surface area (Å²) in [4.78, 5) is 32.7. The Balaban J connectivity index is 1.29. The van der Waals surface area contributed by atoms with Gasteiger partial charge < -0.3 is 14.6 Å². The van der Waals surface area contributed by atoms with Crippen molar-refractivity contribution in [2.45, 2.75) is 38.6 Å². The van der Waals surface area contributed by atoms with E-state index in [2.05, 4.69) is 44.0 Å². The molecule has 168 valence electrons. The van der Waals surface area contributed by atoms with Crippen molar-refractivity contribution >= 4 is 22.5 Å². The zero-order chi connectivity index (χ0) is 22.8. The van der Waals surface area contributed by atoms with E-state index in [1.165, 1.54) is 6.26 Å². The number of oxazole rings is 1. The second-order valence-corrected chi connectivity index (χ2v) is 8.66. The second kappa shape index (κ2) is 9.07. The van der Waals surface area contributed by atoms with E-state index in [4.69, 9.17) is 4.42 Å². The van der Waals surface area contributed by atoms with Gasteiger partial charge >= 0.3 is 0 Å². The number of anilines is 1. The number of nitrogens with one attached hydrogen (secondary N) is 1. The van der Waals surface area contributed by atoms with Crippen molar-refractivity contribution in [3.05, 3.63) is 66.9 Å². The van der Waals surface area contributed by atoms with Crippen LogP contribution in [0.2, 0.25) is 0 Å². The number of aromatic nitrogens is 4. The average Bonchev–Trinajstić information content (AvgIpc) is 3.35. The Morgan fingerprint density at radius 2 is 1.94 bits per heavy atom. The van der Waals surface area contributed by atoms with Gasteiger partial charge in [-0.2, -0.15) is 0 Å². The highest BCUT2D eigenvalue weighted by Crippen LogP contribution is 2.28. The fraction of sp³-hybridized carbons (Fsp3) is 0.320. The van der Waals surface area contributed by atoms with E-state index in [0.717, 1.165) is 48.0 Å². The molecule has 0 saturated carbocycles. The fourth-order valence-electron chi connectivity index (χ4n) is 4.20. The van der Waals surface area contributed by atoms with Crippen molar-refractivity contribution < 1.29 is 9.21 Å². The summed E-state index contributed by atoms with van der Waals surface area (Å²) in [5, 5.41) is 4.64. The Morgan fingerprint density at radius 1 is 1.12 bits per heavy atom. The molecule has 1 aliphatic heterocycles. The first-order chi connectivity index (χ1) is 16.1. The number of likely N-dealkylation sites (tertiary alicyclic amines) is 1. The van der Waals surface area contributed by atoms with Gasteiger partial charge in [0.1, 0.15) is 12.1 Å². The number of fused-ring (bicyclic) bond motifs is 1. The molecule has 0 bridgehead atoms. The molecule has 33 heavy (non-hydrogen) atoms. The Bertz CT molecular complexity index is 1260. The number of amides is 1. The van der Waals surface area contributed by atoms with Gasteiger partial charge in [0.2, 0.25) is 0 Å². The van der Waals surface area contributed by atoms with E-state index in [-0.39, 0.29) is 17.5 Å². The third kappa shape index (κ3) is 4.61. The number of carbonyl (C=O) groups is 1. The maximum absolute atomic E-state index is 12.8. The first kappa shape index (κ1) is 21.2. The fourth-order valence-corrected chi connectivity index (χ4v) is 4.20. The van der Waals surface area contributed by atoms with Crippen LogP contribution in [-0.2, 0) is 0 Å². The van der Waals surface area contributed by atoms with E-state index in [1.54, 1.807) is 24.8 Å². The third-order valence-electron chi connectivity index (χ3n) is 6.17. The van der Waals surface area contributed by atoms with Gasteiger partial charge in [-0.3, -0.25) is 14.8 Å². The van der Waals surface area contributed by atoms with Gasteiger partial charge in [-0.05, 0) is 69.4 Å². The molecule has 0 unspecified atom stereocenters. The number of rotatable bonds is 5. The maximum Gasteiger partial charge on any atom is 0.278 e. The molecule has 8 heteroatoms. The van der Waals surface area contributed by atoms with Crippen molar-refractivity contribution in [2.24, 2.45) is 0 Å². The second-order valence-electron chi connectivity index (χ2n) is 8.66. The van der Waals surface area contributed by atoms with Crippen LogP contribution in [0, 0.1) is 0 Å². The monoisotopic (exact) mass is 442 g/mol. The normalized spacial score (nSPS) is 15.2. The summed E-state index contributed by atoms with van der Waals surface area (Å²) in [7, 11) is 0. The summed E-state index contributed by atoms with van der Waals surface area (Å²) in [6.07, 6.45) is 10.4. The van der Waals surface area contributed by atoms with Crippen molar-refractivity contribution in [2.75, 3.05) is 18.4 Å². The van der Waals surface area contributed by atoms with Crippen LogP contribution < -0.4 is 5.32 Å². The van der Waals surface area contributed by atoms with Crippen molar-refractivity contribution in [1.82, 2.24) is 24.8 Å². The topological polar surface area (TPSA) is 97.0 Å². The zero-order valence-corrected chi connectivity index (χ0v) is 18.7. The molecular formula is C25H26N6O2. The minimum atomic E-state index is -0.335. The molecule has 1 N–H and O–H groups in total. The van der Waals surface area contributed by atoms with E-state index in [9.17, 15) is 4.79 Å². The molecule has 4 aromatic heterocycles. The summed E-state index contributed by atoms with van der Waals surface area (Å²) in [5.41, 5.74) is 2.00. The summed E-state index contributed by atoms with van der Waals surface area (Å²) < 4.78 is 5.67. The predicted octanol–water partition coefficient (Wildman–Crippen LogP) is 4.52. The maximum atomic E-state index is 12.8. The van der Waals surface area contributed by atoms with Crippen LogP contribution in [0.5, 0.6) is 0 Å². The average molecular weight is 443 g/mol. The molecule has 1 aliphatic rings. The van der Waals surface area contributed by atoms with Gasteiger partial charge in [0.05, 0.1) is 5.69 Å². The number of hydrogen-bond donors (Lipinski definition) is 1. The minimum absolute atomic E-state index is 0.249. The summed E-state index contributed by atoms with van der Waals surface area (Å²) in [6.45, 7) is 6.46. The standard InChI is InChI=1S/C25H26N6O2/c1-16(2)31-8-5-17(6-9-31)25-29-22(15-33-25)24(32)30-23-11-19-10-21(18-4-3-7-26-12-18)27-13-20(19)14-28-23/h3-4,7,10-17H,5-6,8-9H2,1-2H3,(H,28,30,32). The van der Waals surface area contributed by atoms with E-state index in [0.29, 0.717) is 17.8 Å². The molecule has 0 aliphatic carbocycles. The van der Waals surface area contributed by atoms with Crippen LogP contribution >= 0.6 is 0 Å². The molecule has 1 fully saturated rings. The van der Waals surface area contributed by atoms with E-state index in [1.807, 2.05) is 24.3 Å². The molecule has 0 spiro atoms. The van der Waals surface area contributed by atoms with Crippen molar-refractivity contribution in [3.8, 4) is 11.3 Å². The highest BCUT2D eigenvalue weighted by Gasteiger charge is 2.26. The van der Waals surface area contributed by atoms with Crippen molar-refractivity contribution in [3.63, 3.8) is 0 Å². The summed E-state index contributed by atoms with van der Waals surface area (Å²) >= 11 is 0. The molecule has 5 rings (SSSR count). The van der Waals surface area contributed by atoms with Crippen LogP contribution in [0.15, 0.2) is 59.7 Å². The molecule has 4 aromatic rings. The number of hydrogen-bond acceptors (Lipinski definition) is 7. The molecule has 8 nitrogen and oxygen atoms in total. The summed E-state index contributed by atoms with van der Waals surface area (Å²) in [5.74, 6) is 1.00. The smallest absolute Gasteiger partial charge is 0.278 e. The largest absolute Gasteiger partial charge is 0.448 e. The lowest BCUT2D eigenvalue weighted by molar-refractivity contribution is 0.102. The summed E-state index contributed by atoms with van der Waals surface area (Å²) in [6, 6.07) is 8.17. The predicted molar refractivity (Wildman–Crippen MR) is 126 cm³/mol. The third-order valence-corrected chi connectivity index (χ3v) is 6.17. The minimum Gasteiger partial charge on any atom is -0.448 e. The van der Waals surface area contributed by atoms with E-state index < -0.39 is 0 Å². The number of pyridine rings is 3. The zero-order valence-electron chi connectivity index (χ0n) is 18.7. The van der Waals surface area contributed by atoms with Crippen molar-refractivity contribution in [1.29, 1.82) is 0 Å². The number of piperidine rings is 1. The molecule has 0 aromatic carbocycles. The van der Waals surface area contributed by atoms with Gasteiger partial charge in [0.25, 0.3) is 5.91 Å². The molecule has 5 heterocycles. The lowest BCUT2D eigenvalue weighted by Gasteiger charge is -2.33. The van der Waals surface area contributed by atoms with Gasteiger partial charge in [-0.15, -0.1) is 0 Å². The SMILES string of the molecule is CC(C)N1CCC(c2nc(C(=O)Nc3cc4cc(-c5cccnc5)ncc4cn3)co2)CC1. The van der Waals surface area contributed by atoms with Crippen LogP contribution in [0.4, 0.5) is 5.82 Å².